The summed E-state index contributed by atoms with van der Waals surface area (Å²) in [4.78, 5) is 10.4. The zero-order chi connectivity index (χ0) is 8.97. The molecular weight excluding hydrogens is 152 g/mol. The van der Waals surface area contributed by atoms with Crippen LogP contribution in [0.5, 0.6) is 0 Å². The van der Waals surface area contributed by atoms with Gasteiger partial charge in [0.05, 0.1) is 0 Å². The molecule has 0 unspecified atom stereocenters. The molecule has 0 bridgehead atoms. The Labute approximate surface area is 71.2 Å². The molecule has 12 heavy (non-hydrogen) atoms. The molecule has 0 atom stereocenters. The largest absolute Gasteiger partial charge is 0.478 e. The molecule has 1 radical (unpaired) electrons. The van der Waals surface area contributed by atoms with Crippen LogP contribution >= 0.6 is 0 Å². The standard InChI is InChI=1S/C10H9O2/c1-8(10(11)12)7-9-5-3-2-4-6-9/h3-7H,1H3,(H,11,12). The van der Waals surface area contributed by atoms with Gasteiger partial charge in [-0.1, -0.05) is 24.3 Å². The number of carboxylic acids is 1. The Kier molecular flexibility index (Phi) is 2.64. The van der Waals surface area contributed by atoms with Crippen molar-refractivity contribution in [1.29, 1.82) is 0 Å². The van der Waals surface area contributed by atoms with Gasteiger partial charge in [0.15, 0.2) is 0 Å². The number of aliphatic carboxylic acids is 1. The predicted octanol–water partition coefficient (Wildman–Crippen LogP) is 1.97. The molecule has 0 aliphatic heterocycles. The van der Waals surface area contributed by atoms with E-state index in [1.807, 2.05) is 12.1 Å². The SMILES string of the molecule is CC(=Cc1cc[c]cc1)C(=O)O. The molecule has 1 aromatic rings. The third kappa shape index (κ3) is 2.23. The second-order valence-electron chi connectivity index (χ2n) is 2.47. The van der Waals surface area contributed by atoms with Crippen molar-refractivity contribution in [2.24, 2.45) is 0 Å². The first kappa shape index (κ1) is 8.53. The third-order valence-corrected chi connectivity index (χ3v) is 1.46. The van der Waals surface area contributed by atoms with Crippen molar-refractivity contribution in [2.75, 3.05) is 0 Å². The van der Waals surface area contributed by atoms with Gasteiger partial charge < -0.3 is 5.11 Å². The van der Waals surface area contributed by atoms with Gasteiger partial charge in [-0.2, -0.15) is 0 Å². The molecular formula is C10H9O2. The average molecular weight is 161 g/mol. The van der Waals surface area contributed by atoms with Crippen LogP contribution in [-0.4, -0.2) is 11.1 Å². The summed E-state index contributed by atoms with van der Waals surface area (Å²) in [6.07, 6.45) is 1.62. The topological polar surface area (TPSA) is 37.3 Å². The van der Waals surface area contributed by atoms with E-state index in [9.17, 15) is 4.79 Å². The summed E-state index contributed by atoms with van der Waals surface area (Å²) in [6.45, 7) is 1.57. The van der Waals surface area contributed by atoms with Crippen LogP contribution in [0.15, 0.2) is 29.8 Å². The van der Waals surface area contributed by atoms with E-state index in [2.05, 4.69) is 6.07 Å². The number of carboxylic acid groups (broad SMARTS) is 1. The fourth-order valence-electron chi connectivity index (χ4n) is 0.808. The van der Waals surface area contributed by atoms with Gasteiger partial charge in [0.25, 0.3) is 0 Å². The van der Waals surface area contributed by atoms with Crippen LogP contribution in [0, 0.1) is 6.07 Å². The molecule has 0 aromatic heterocycles. The lowest BCUT2D eigenvalue weighted by atomic mass is 10.1. The van der Waals surface area contributed by atoms with Crippen molar-refractivity contribution < 1.29 is 9.90 Å². The van der Waals surface area contributed by atoms with E-state index >= 15 is 0 Å². The zero-order valence-corrected chi connectivity index (χ0v) is 6.74. The van der Waals surface area contributed by atoms with E-state index in [0.29, 0.717) is 5.57 Å². The van der Waals surface area contributed by atoms with E-state index in [-0.39, 0.29) is 0 Å². The van der Waals surface area contributed by atoms with Gasteiger partial charge in [-0.25, -0.2) is 4.79 Å². The maximum absolute atomic E-state index is 10.4. The molecule has 1 rings (SSSR count). The summed E-state index contributed by atoms with van der Waals surface area (Å²) >= 11 is 0. The van der Waals surface area contributed by atoms with Crippen molar-refractivity contribution in [3.8, 4) is 0 Å². The number of benzene rings is 1. The van der Waals surface area contributed by atoms with Crippen molar-refractivity contribution in [1.82, 2.24) is 0 Å². The molecule has 0 fully saturated rings. The summed E-state index contributed by atoms with van der Waals surface area (Å²) in [5.74, 6) is -0.886. The van der Waals surface area contributed by atoms with Gasteiger partial charge in [0.1, 0.15) is 0 Å². The van der Waals surface area contributed by atoms with E-state index in [1.54, 1.807) is 25.1 Å². The summed E-state index contributed by atoms with van der Waals surface area (Å²) < 4.78 is 0. The molecule has 61 valence electrons. The number of hydrogen-bond donors (Lipinski definition) is 1. The maximum atomic E-state index is 10.4. The highest BCUT2D eigenvalue weighted by Gasteiger charge is 1.98. The van der Waals surface area contributed by atoms with Gasteiger partial charge in [-0.3, -0.25) is 0 Å². The maximum Gasteiger partial charge on any atom is 0.331 e. The fourth-order valence-corrected chi connectivity index (χ4v) is 0.808. The first-order valence-electron chi connectivity index (χ1n) is 3.58. The highest BCUT2D eigenvalue weighted by Crippen LogP contribution is 2.05. The molecule has 0 heterocycles. The van der Waals surface area contributed by atoms with Crippen LogP contribution in [0.1, 0.15) is 12.5 Å². The Balaban J connectivity index is 2.89. The quantitative estimate of drug-likeness (QED) is 0.673. The highest BCUT2D eigenvalue weighted by atomic mass is 16.4. The first-order valence-corrected chi connectivity index (χ1v) is 3.58. The number of rotatable bonds is 2. The lowest BCUT2D eigenvalue weighted by molar-refractivity contribution is -0.132. The molecule has 0 aliphatic carbocycles. The minimum Gasteiger partial charge on any atom is -0.478 e. The monoisotopic (exact) mass is 161 g/mol. The molecule has 2 nitrogen and oxygen atoms in total. The molecule has 0 saturated carbocycles. The van der Waals surface area contributed by atoms with E-state index in [0.717, 1.165) is 5.56 Å². The Morgan fingerprint density at radius 1 is 1.50 bits per heavy atom. The van der Waals surface area contributed by atoms with Gasteiger partial charge in [0, 0.05) is 5.57 Å². The van der Waals surface area contributed by atoms with Gasteiger partial charge in [-0.05, 0) is 24.6 Å². The summed E-state index contributed by atoms with van der Waals surface area (Å²) in [6, 6.07) is 9.98. The minimum absolute atomic E-state index is 0.334. The van der Waals surface area contributed by atoms with Crippen LogP contribution in [-0.2, 0) is 4.79 Å². The summed E-state index contributed by atoms with van der Waals surface area (Å²) in [5, 5.41) is 8.57. The van der Waals surface area contributed by atoms with Crippen molar-refractivity contribution >= 4 is 12.0 Å². The molecule has 1 aromatic carbocycles. The number of hydrogen-bond acceptors (Lipinski definition) is 1. The molecule has 0 saturated heterocycles. The lowest BCUT2D eigenvalue weighted by Crippen LogP contribution is -1.95. The molecule has 1 N–H and O–H groups in total. The molecule has 0 spiro atoms. The van der Waals surface area contributed by atoms with Crippen LogP contribution in [0.2, 0.25) is 0 Å². The highest BCUT2D eigenvalue weighted by molar-refractivity contribution is 5.91. The van der Waals surface area contributed by atoms with Crippen LogP contribution in [0.3, 0.4) is 0 Å². The number of carbonyl (C=O) groups is 1. The first-order chi connectivity index (χ1) is 5.70. The van der Waals surface area contributed by atoms with Crippen LogP contribution in [0.4, 0.5) is 0 Å². The average Bonchev–Trinajstić information content (AvgIpc) is 2.06. The summed E-state index contributed by atoms with van der Waals surface area (Å²) in [7, 11) is 0. The second kappa shape index (κ2) is 3.72. The van der Waals surface area contributed by atoms with Crippen molar-refractivity contribution in [3.63, 3.8) is 0 Å². The molecule has 0 amide bonds. The Hall–Kier alpha value is -1.57. The van der Waals surface area contributed by atoms with E-state index in [4.69, 9.17) is 5.11 Å². The summed E-state index contributed by atoms with van der Waals surface area (Å²) in [5.41, 5.74) is 1.22. The van der Waals surface area contributed by atoms with Crippen molar-refractivity contribution in [2.45, 2.75) is 6.92 Å². The Morgan fingerprint density at radius 3 is 2.58 bits per heavy atom. The van der Waals surface area contributed by atoms with Gasteiger partial charge in [-0.15, -0.1) is 0 Å². The van der Waals surface area contributed by atoms with Crippen LogP contribution in [0.25, 0.3) is 6.08 Å². The van der Waals surface area contributed by atoms with Crippen molar-refractivity contribution in [3.05, 3.63) is 41.5 Å². The molecule has 2 heteroatoms. The normalized spacial score (nSPS) is 11.2. The van der Waals surface area contributed by atoms with Crippen LogP contribution < -0.4 is 0 Å². The van der Waals surface area contributed by atoms with E-state index < -0.39 is 5.97 Å². The Bertz CT molecular complexity index is 299. The third-order valence-electron chi connectivity index (χ3n) is 1.46. The fraction of sp³-hybridized carbons (Fsp3) is 0.100. The zero-order valence-electron chi connectivity index (χ0n) is 6.74. The molecule has 0 aliphatic rings. The predicted molar refractivity (Wildman–Crippen MR) is 46.6 cm³/mol. The van der Waals surface area contributed by atoms with Gasteiger partial charge >= 0.3 is 5.97 Å². The van der Waals surface area contributed by atoms with E-state index in [1.165, 1.54) is 0 Å². The smallest absolute Gasteiger partial charge is 0.331 e. The Morgan fingerprint density at radius 2 is 2.08 bits per heavy atom. The lowest BCUT2D eigenvalue weighted by Gasteiger charge is -1.93. The van der Waals surface area contributed by atoms with Gasteiger partial charge in [0.2, 0.25) is 0 Å². The second-order valence-corrected chi connectivity index (χ2v) is 2.47. The minimum atomic E-state index is -0.886.